The second-order valence-corrected chi connectivity index (χ2v) is 4.97. The summed E-state index contributed by atoms with van der Waals surface area (Å²) < 4.78 is 39.8. The number of alkyl halides is 3. The van der Waals surface area contributed by atoms with Gasteiger partial charge in [0.25, 0.3) is 0 Å². The van der Waals surface area contributed by atoms with E-state index in [1.165, 1.54) is 12.1 Å². The molecule has 0 aliphatic carbocycles. The van der Waals surface area contributed by atoms with E-state index in [9.17, 15) is 22.8 Å². The van der Waals surface area contributed by atoms with Crippen LogP contribution in [0.1, 0.15) is 31.7 Å². The van der Waals surface area contributed by atoms with Gasteiger partial charge in [0.2, 0.25) is 5.91 Å². The quantitative estimate of drug-likeness (QED) is 0.767. The molecule has 0 spiro atoms. The maximum atomic E-state index is 12.0. The van der Waals surface area contributed by atoms with Crippen molar-refractivity contribution in [3.63, 3.8) is 0 Å². The van der Waals surface area contributed by atoms with Crippen LogP contribution in [-0.4, -0.2) is 29.4 Å². The van der Waals surface area contributed by atoms with Gasteiger partial charge in [0.15, 0.2) is 0 Å². The minimum Gasteiger partial charge on any atom is -0.480 e. The molecule has 1 amide bonds. The summed E-state index contributed by atoms with van der Waals surface area (Å²) in [6.45, 7) is 1.91. The first-order valence-electron chi connectivity index (χ1n) is 7.08. The summed E-state index contributed by atoms with van der Waals surface area (Å²) in [5.74, 6) is -1.99. The molecule has 0 aliphatic heterocycles. The number of amides is 1. The lowest BCUT2D eigenvalue weighted by molar-refractivity contribution is -0.274. The second kappa shape index (κ2) is 8.40. The predicted octanol–water partition coefficient (Wildman–Crippen LogP) is 2.89. The Balaban J connectivity index is 2.57. The summed E-state index contributed by atoms with van der Waals surface area (Å²) in [7, 11) is 0. The lowest BCUT2D eigenvalue weighted by Gasteiger charge is -2.14. The Morgan fingerprint density at radius 1 is 1.26 bits per heavy atom. The number of rotatable bonds is 8. The molecule has 0 radical (unpaired) electrons. The first-order valence-corrected chi connectivity index (χ1v) is 7.08. The van der Waals surface area contributed by atoms with Gasteiger partial charge in [-0.2, -0.15) is 0 Å². The average molecular weight is 333 g/mol. The fourth-order valence-electron chi connectivity index (χ4n) is 1.91. The SMILES string of the molecule is CCCC[C@H](NC(=O)Cc1ccc(OC(F)(F)F)cc1)C(=O)O. The molecule has 0 saturated heterocycles. The van der Waals surface area contributed by atoms with Crippen LogP contribution in [0.4, 0.5) is 13.2 Å². The number of aliphatic carboxylic acids is 1. The third kappa shape index (κ3) is 7.53. The van der Waals surface area contributed by atoms with E-state index in [-0.39, 0.29) is 12.2 Å². The Bertz CT molecular complexity index is 529. The van der Waals surface area contributed by atoms with Crippen molar-refractivity contribution in [3.8, 4) is 5.75 Å². The van der Waals surface area contributed by atoms with Crippen LogP contribution < -0.4 is 10.1 Å². The van der Waals surface area contributed by atoms with Crippen molar-refractivity contribution >= 4 is 11.9 Å². The first kappa shape index (κ1) is 18.8. The van der Waals surface area contributed by atoms with Crippen molar-refractivity contribution in [2.45, 2.75) is 45.0 Å². The van der Waals surface area contributed by atoms with Gasteiger partial charge < -0.3 is 15.2 Å². The van der Waals surface area contributed by atoms with E-state index >= 15 is 0 Å². The zero-order chi connectivity index (χ0) is 17.5. The molecular formula is C15H18F3NO4. The fraction of sp³-hybridized carbons (Fsp3) is 0.467. The zero-order valence-electron chi connectivity index (χ0n) is 12.5. The highest BCUT2D eigenvalue weighted by Crippen LogP contribution is 2.22. The Morgan fingerprint density at radius 2 is 1.87 bits per heavy atom. The van der Waals surface area contributed by atoms with Gasteiger partial charge in [-0.05, 0) is 24.1 Å². The monoisotopic (exact) mass is 333 g/mol. The summed E-state index contributed by atoms with van der Waals surface area (Å²) >= 11 is 0. The van der Waals surface area contributed by atoms with Crippen LogP contribution in [0, 0.1) is 0 Å². The van der Waals surface area contributed by atoms with E-state index in [0.717, 1.165) is 18.6 Å². The number of nitrogens with one attached hydrogen (secondary N) is 1. The van der Waals surface area contributed by atoms with Crippen molar-refractivity contribution in [2.75, 3.05) is 0 Å². The third-order valence-electron chi connectivity index (χ3n) is 3.00. The average Bonchev–Trinajstić information content (AvgIpc) is 2.43. The molecule has 128 valence electrons. The molecular weight excluding hydrogens is 315 g/mol. The first-order chi connectivity index (χ1) is 10.7. The molecule has 0 bridgehead atoms. The lowest BCUT2D eigenvalue weighted by Crippen LogP contribution is -2.41. The van der Waals surface area contributed by atoms with Crippen LogP contribution in [0.15, 0.2) is 24.3 Å². The van der Waals surface area contributed by atoms with Gasteiger partial charge in [0, 0.05) is 0 Å². The molecule has 8 heteroatoms. The number of carbonyl (C=O) groups is 2. The molecule has 2 N–H and O–H groups in total. The molecule has 0 aromatic heterocycles. The van der Waals surface area contributed by atoms with E-state index in [1.54, 1.807) is 0 Å². The number of ether oxygens (including phenoxy) is 1. The van der Waals surface area contributed by atoms with Gasteiger partial charge in [-0.25, -0.2) is 4.79 Å². The molecule has 0 heterocycles. The van der Waals surface area contributed by atoms with Crippen LogP contribution in [0.5, 0.6) is 5.75 Å². The minimum absolute atomic E-state index is 0.123. The number of hydrogen-bond donors (Lipinski definition) is 2. The number of unbranched alkanes of at least 4 members (excludes halogenated alkanes) is 1. The van der Waals surface area contributed by atoms with Gasteiger partial charge in [-0.1, -0.05) is 31.9 Å². The van der Waals surface area contributed by atoms with Crippen molar-refractivity contribution < 1.29 is 32.6 Å². The van der Waals surface area contributed by atoms with Crippen LogP contribution in [0.2, 0.25) is 0 Å². The Morgan fingerprint density at radius 3 is 2.35 bits per heavy atom. The Hall–Kier alpha value is -2.25. The van der Waals surface area contributed by atoms with Crippen LogP contribution >= 0.6 is 0 Å². The maximum absolute atomic E-state index is 12.0. The predicted molar refractivity (Wildman–Crippen MR) is 75.9 cm³/mol. The topological polar surface area (TPSA) is 75.6 Å². The third-order valence-corrected chi connectivity index (χ3v) is 3.00. The summed E-state index contributed by atoms with van der Waals surface area (Å²) in [6.07, 6.45) is -3.09. The maximum Gasteiger partial charge on any atom is 0.573 e. The second-order valence-electron chi connectivity index (χ2n) is 4.97. The number of benzene rings is 1. The molecule has 1 rings (SSSR count). The highest BCUT2D eigenvalue weighted by Gasteiger charge is 2.31. The number of hydrogen-bond acceptors (Lipinski definition) is 3. The van der Waals surface area contributed by atoms with E-state index in [4.69, 9.17) is 5.11 Å². The highest BCUT2D eigenvalue weighted by molar-refractivity contribution is 5.84. The van der Waals surface area contributed by atoms with E-state index < -0.39 is 24.3 Å². The minimum atomic E-state index is -4.77. The van der Waals surface area contributed by atoms with E-state index in [2.05, 4.69) is 10.1 Å². The van der Waals surface area contributed by atoms with Gasteiger partial charge in [-0.3, -0.25) is 4.79 Å². The molecule has 0 unspecified atom stereocenters. The molecule has 5 nitrogen and oxygen atoms in total. The Kier molecular flexibility index (Phi) is 6.87. The summed E-state index contributed by atoms with van der Waals surface area (Å²) in [5.41, 5.74) is 0.455. The van der Waals surface area contributed by atoms with Gasteiger partial charge >= 0.3 is 12.3 Å². The summed E-state index contributed by atoms with van der Waals surface area (Å²) in [5, 5.41) is 11.4. The molecule has 23 heavy (non-hydrogen) atoms. The van der Waals surface area contributed by atoms with Crippen LogP contribution in [0.3, 0.4) is 0 Å². The Labute approximate surface area is 131 Å². The molecule has 1 aromatic rings. The number of carboxylic acid groups (broad SMARTS) is 1. The van der Waals surface area contributed by atoms with E-state index in [0.29, 0.717) is 18.4 Å². The fourth-order valence-corrected chi connectivity index (χ4v) is 1.91. The van der Waals surface area contributed by atoms with Crippen molar-refractivity contribution in [3.05, 3.63) is 29.8 Å². The van der Waals surface area contributed by atoms with Gasteiger partial charge in [0.1, 0.15) is 11.8 Å². The molecule has 1 atom stereocenters. The van der Waals surface area contributed by atoms with Crippen molar-refractivity contribution in [1.82, 2.24) is 5.32 Å². The van der Waals surface area contributed by atoms with Crippen molar-refractivity contribution in [1.29, 1.82) is 0 Å². The van der Waals surface area contributed by atoms with E-state index in [1.807, 2.05) is 6.92 Å². The van der Waals surface area contributed by atoms with Gasteiger partial charge in [-0.15, -0.1) is 13.2 Å². The highest BCUT2D eigenvalue weighted by atomic mass is 19.4. The largest absolute Gasteiger partial charge is 0.573 e. The molecule has 1 aromatic carbocycles. The number of carboxylic acids is 1. The molecule has 0 saturated carbocycles. The van der Waals surface area contributed by atoms with Crippen LogP contribution in [-0.2, 0) is 16.0 Å². The summed E-state index contributed by atoms with van der Waals surface area (Å²) in [4.78, 5) is 22.9. The zero-order valence-corrected chi connectivity index (χ0v) is 12.5. The van der Waals surface area contributed by atoms with Crippen LogP contribution in [0.25, 0.3) is 0 Å². The lowest BCUT2D eigenvalue weighted by atomic mass is 10.1. The molecule has 0 fully saturated rings. The normalized spacial score (nSPS) is 12.5. The van der Waals surface area contributed by atoms with Crippen molar-refractivity contribution in [2.24, 2.45) is 0 Å². The molecule has 0 aliphatic rings. The number of carbonyl (C=O) groups excluding carboxylic acids is 1. The standard InChI is InChI=1S/C15H18F3NO4/c1-2-3-4-12(14(21)22)19-13(20)9-10-5-7-11(8-6-10)23-15(16,17)18/h5-8,12H,2-4,9H2,1H3,(H,19,20)(H,21,22)/t12-/m0/s1. The van der Waals surface area contributed by atoms with Gasteiger partial charge in [0.05, 0.1) is 6.42 Å². The number of halogens is 3. The summed E-state index contributed by atoms with van der Waals surface area (Å²) in [6, 6.07) is 3.88. The smallest absolute Gasteiger partial charge is 0.480 e.